The van der Waals surface area contributed by atoms with Crippen LogP contribution in [0.1, 0.15) is 86.5 Å². The molecule has 1 aromatic carbocycles. The summed E-state index contributed by atoms with van der Waals surface area (Å²) in [4.78, 5) is 27.7. The van der Waals surface area contributed by atoms with Gasteiger partial charge in [-0.05, 0) is 73.3 Å². The molecule has 2 saturated carbocycles. The smallest absolute Gasteiger partial charge is 0.310 e. The van der Waals surface area contributed by atoms with Crippen molar-refractivity contribution in [2.75, 3.05) is 11.5 Å². The Hall–Kier alpha value is -1.69. The Balaban J connectivity index is 1.71. The van der Waals surface area contributed by atoms with Gasteiger partial charge in [0.1, 0.15) is 12.2 Å². The van der Waals surface area contributed by atoms with E-state index in [9.17, 15) is 9.59 Å². The molecule has 0 unspecified atom stereocenters. The molecule has 0 bridgehead atoms. The molecule has 7 atom stereocenters. The molecule has 0 aromatic heterocycles. The van der Waals surface area contributed by atoms with E-state index in [1.54, 1.807) is 0 Å². The molecule has 0 aliphatic heterocycles. The zero-order valence-electron chi connectivity index (χ0n) is 23.8. The van der Waals surface area contributed by atoms with Crippen molar-refractivity contribution in [2.24, 2.45) is 41.4 Å². The van der Waals surface area contributed by atoms with Crippen molar-refractivity contribution in [2.45, 2.75) is 104 Å². The van der Waals surface area contributed by atoms with Crippen molar-refractivity contribution < 1.29 is 19.1 Å². The number of ether oxygens (including phenoxy) is 2. The molecule has 2 aliphatic carbocycles. The van der Waals surface area contributed by atoms with E-state index in [1.807, 2.05) is 24.3 Å². The summed E-state index contributed by atoms with van der Waals surface area (Å²) in [7, 11) is 0. The van der Waals surface area contributed by atoms with E-state index >= 15 is 0 Å². The maximum absolute atomic E-state index is 13.6. The van der Waals surface area contributed by atoms with Crippen LogP contribution in [0.25, 0.3) is 0 Å². The topological polar surface area (TPSA) is 78.6 Å². The van der Waals surface area contributed by atoms with E-state index < -0.39 is 5.92 Å². The van der Waals surface area contributed by atoms with Crippen LogP contribution in [0.2, 0.25) is 0 Å². The number of benzene rings is 1. The Kier molecular flexibility index (Phi) is 11.2. The molecular weight excluding hydrogens is 482 g/mol. The van der Waals surface area contributed by atoms with Crippen LogP contribution in [0.5, 0.6) is 0 Å². The summed E-state index contributed by atoms with van der Waals surface area (Å²) < 4.78 is 12.3. The lowest BCUT2D eigenvalue weighted by molar-refractivity contribution is -0.167. The van der Waals surface area contributed by atoms with Crippen LogP contribution in [0.3, 0.4) is 0 Å². The van der Waals surface area contributed by atoms with Gasteiger partial charge in [0.25, 0.3) is 0 Å². The van der Waals surface area contributed by atoms with Crippen LogP contribution in [-0.2, 0) is 19.1 Å². The van der Waals surface area contributed by atoms with Crippen LogP contribution in [0, 0.1) is 41.4 Å². The van der Waals surface area contributed by atoms with Gasteiger partial charge in [-0.2, -0.15) is 0 Å². The van der Waals surface area contributed by atoms with Crippen molar-refractivity contribution in [1.82, 2.24) is 0 Å². The highest BCUT2D eigenvalue weighted by Gasteiger charge is 2.37. The summed E-state index contributed by atoms with van der Waals surface area (Å²) in [5.74, 6) is 2.04. The lowest BCUT2D eigenvalue weighted by atomic mass is 9.75. The Labute approximate surface area is 229 Å². The lowest BCUT2D eigenvalue weighted by Crippen LogP contribution is -2.39. The fourth-order valence-corrected chi connectivity index (χ4v) is 7.22. The van der Waals surface area contributed by atoms with E-state index in [4.69, 9.17) is 15.2 Å². The van der Waals surface area contributed by atoms with Gasteiger partial charge in [-0.25, -0.2) is 0 Å². The summed E-state index contributed by atoms with van der Waals surface area (Å²) in [6.45, 7) is 13.3. The fourth-order valence-electron chi connectivity index (χ4n) is 6.18. The van der Waals surface area contributed by atoms with Crippen LogP contribution in [-0.4, -0.2) is 29.9 Å². The van der Waals surface area contributed by atoms with Gasteiger partial charge >= 0.3 is 11.9 Å². The van der Waals surface area contributed by atoms with E-state index in [1.165, 1.54) is 24.6 Å². The number of para-hydroxylation sites is 1. The van der Waals surface area contributed by atoms with Gasteiger partial charge in [-0.3, -0.25) is 9.59 Å². The highest BCUT2D eigenvalue weighted by atomic mass is 32.2. The second kappa shape index (κ2) is 13.9. The van der Waals surface area contributed by atoms with Crippen molar-refractivity contribution in [3.8, 4) is 0 Å². The molecule has 2 N–H and O–H groups in total. The van der Waals surface area contributed by atoms with Gasteiger partial charge in [-0.1, -0.05) is 66.5 Å². The third kappa shape index (κ3) is 8.66. The molecule has 0 heterocycles. The Bertz CT molecular complexity index is 888. The number of carbonyl (C=O) groups is 2. The average Bonchev–Trinajstić information content (AvgIpc) is 2.82. The molecule has 0 radical (unpaired) electrons. The number of rotatable bonds is 10. The highest BCUT2D eigenvalue weighted by molar-refractivity contribution is 7.99. The minimum absolute atomic E-state index is 0.0445. The molecule has 0 saturated heterocycles. The lowest BCUT2D eigenvalue weighted by Gasteiger charge is -2.38. The molecule has 2 fully saturated rings. The monoisotopic (exact) mass is 531 g/mol. The molecule has 6 heteroatoms. The molecule has 3 rings (SSSR count). The van der Waals surface area contributed by atoms with Crippen molar-refractivity contribution in [3.05, 3.63) is 24.3 Å². The number of esters is 2. The maximum atomic E-state index is 13.6. The second-order valence-corrected chi connectivity index (χ2v) is 13.5. The molecule has 37 heavy (non-hydrogen) atoms. The van der Waals surface area contributed by atoms with E-state index in [-0.39, 0.29) is 30.6 Å². The third-order valence-electron chi connectivity index (χ3n) is 8.58. The molecular formula is C31H49NO4S. The molecule has 2 aliphatic rings. The SMILES string of the molecule is CC(C)[C@@H]1CC[C@@H](C)C[C@H]1OC(=O)C[C@@H](CSc1ccccc1N)C(=O)O[C@@H]1C[C@H](C)CC[C@H]1C(C)C. The number of nitrogens with two attached hydrogens (primary N) is 1. The van der Waals surface area contributed by atoms with Crippen molar-refractivity contribution >= 4 is 29.4 Å². The average molecular weight is 532 g/mol. The maximum Gasteiger partial charge on any atom is 0.310 e. The van der Waals surface area contributed by atoms with Crippen LogP contribution in [0.4, 0.5) is 5.69 Å². The second-order valence-electron chi connectivity index (χ2n) is 12.4. The summed E-state index contributed by atoms with van der Waals surface area (Å²) in [5.41, 5.74) is 6.83. The minimum Gasteiger partial charge on any atom is -0.462 e. The summed E-state index contributed by atoms with van der Waals surface area (Å²) in [6, 6.07) is 7.65. The summed E-state index contributed by atoms with van der Waals surface area (Å²) >= 11 is 1.51. The predicted octanol–water partition coefficient (Wildman–Crippen LogP) is 7.38. The van der Waals surface area contributed by atoms with Gasteiger partial charge in [0.2, 0.25) is 0 Å². The Morgan fingerprint density at radius 1 is 0.892 bits per heavy atom. The molecule has 208 valence electrons. The number of nitrogen functional groups attached to an aromatic ring is 1. The number of hydrogen-bond donors (Lipinski definition) is 1. The van der Waals surface area contributed by atoms with Gasteiger partial charge in [-0.15, -0.1) is 11.8 Å². The minimum atomic E-state index is -0.569. The first-order valence-electron chi connectivity index (χ1n) is 14.4. The van der Waals surface area contributed by atoms with Crippen LogP contribution < -0.4 is 5.73 Å². The van der Waals surface area contributed by atoms with Crippen LogP contribution in [0.15, 0.2) is 29.2 Å². The zero-order chi connectivity index (χ0) is 27.1. The molecule has 0 amide bonds. The first kappa shape index (κ1) is 29.9. The summed E-state index contributed by atoms with van der Waals surface area (Å²) in [5, 5.41) is 0. The van der Waals surface area contributed by atoms with Crippen LogP contribution >= 0.6 is 11.8 Å². The number of hydrogen-bond acceptors (Lipinski definition) is 6. The standard InChI is InChI=1S/C31H49NO4S/c1-19(2)24-13-11-21(5)15-27(24)35-30(33)17-23(18-37-29-10-8-7-9-26(29)32)31(34)36-28-16-22(6)12-14-25(28)20(3)4/h7-10,19-25,27-28H,11-18,32H2,1-6H3/t21-,22-,23+,24+,25+,27-,28-/m1/s1. The van der Waals surface area contributed by atoms with Gasteiger partial charge in [0, 0.05) is 16.3 Å². The summed E-state index contributed by atoms with van der Waals surface area (Å²) in [6.07, 6.45) is 6.18. The number of thioether (sulfide) groups is 1. The molecule has 5 nitrogen and oxygen atoms in total. The molecule has 1 aromatic rings. The zero-order valence-corrected chi connectivity index (χ0v) is 24.6. The van der Waals surface area contributed by atoms with E-state index in [2.05, 4.69) is 41.5 Å². The molecule has 0 spiro atoms. The normalized spacial score (nSPS) is 29.2. The first-order chi connectivity index (χ1) is 17.5. The first-order valence-corrected chi connectivity index (χ1v) is 15.4. The fraction of sp³-hybridized carbons (Fsp3) is 0.742. The van der Waals surface area contributed by atoms with Crippen molar-refractivity contribution in [3.63, 3.8) is 0 Å². The van der Waals surface area contributed by atoms with Gasteiger partial charge in [0.05, 0.1) is 12.3 Å². The predicted molar refractivity (Wildman–Crippen MR) is 152 cm³/mol. The Morgan fingerprint density at radius 2 is 1.43 bits per heavy atom. The largest absolute Gasteiger partial charge is 0.462 e. The quantitative estimate of drug-likeness (QED) is 0.193. The number of carbonyl (C=O) groups excluding carboxylic acids is 2. The van der Waals surface area contributed by atoms with Gasteiger partial charge < -0.3 is 15.2 Å². The highest BCUT2D eigenvalue weighted by Crippen LogP contribution is 2.38. The van der Waals surface area contributed by atoms with E-state index in [0.717, 1.165) is 30.6 Å². The Morgan fingerprint density at radius 3 is 1.97 bits per heavy atom. The van der Waals surface area contributed by atoms with E-state index in [0.29, 0.717) is 46.9 Å². The van der Waals surface area contributed by atoms with Gasteiger partial charge in [0.15, 0.2) is 0 Å². The third-order valence-corrected chi connectivity index (χ3v) is 9.83. The number of anilines is 1. The van der Waals surface area contributed by atoms with Crippen molar-refractivity contribution in [1.29, 1.82) is 0 Å².